The third-order valence-corrected chi connectivity index (χ3v) is 4.87. The highest BCUT2D eigenvalue weighted by Crippen LogP contribution is 2.24. The van der Waals surface area contributed by atoms with E-state index in [2.05, 4.69) is 0 Å². The van der Waals surface area contributed by atoms with E-state index < -0.39 is 28.6 Å². The smallest absolute Gasteiger partial charge is 0.318 e. The van der Waals surface area contributed by atoms with Gasteiger partial charge in [0.05, 0.1) is 15.5 Å². The first-order valence-electron chi connectivity index (χ1n) is 5.63. The van der Waals surface area contributed by atoms with E-state index in [1.54, 1.807) is 13.8 Å². The summed E-state index contributed by atoms with van der Waals surface area (Å²) in [6.45, 7) is 2.51. The average molecular weight is 317 g/mol. The molecule has 108 valence electrons. The van der Waals surface area contributed by atoms with Gasteiger partial charge in [0, 0.05) is 6.04 Å². The standard InChI is InChI=1S/C12H13ClN2O4S/c1-8(2)15(7-12(16)17)20(18,19)10-4-3-9(6-14)11(13)5-10/h3-5,8H,7H2,1-2H3,(H,16,17). The van der Waals surface area contributed by atoms with Crippen molar-refractivity contribution in [1.82, 2.24) is 4.31 Å². The van der Waals surface area contributed by atoms with E-state index in [1.165, 1.54) is 12.1 Å². The number of nitriles is 1. The monoisotopic (exact) mass is 316 g/mol. The zero-order valence-corrected chi connectivity index (χ0v) is 12.4. The molecule has 1 aromatic rings. The highest BCUT2D eigenvalue weighted by atomic mass is 35.5. The van der Waals surface area contributed by atoms with Gasteiger partial charge in [-0.25, -0.2) is 8.42 Å². The Kier molecular flexibility index (Phi) is 5.11. The number of hydrogen-bond donors (Lipinski definition) is 1. The number of sulfonamides is 1. The molecule has 0 saturated heterocycles. The van der Waals surface area contributed by atoms with Crippen molar-refractivity contribution in [2.45, 2.75) is 24.8 Å². The highest BCUT2D eigenvalue weighted by Gasteiger charge is 2.29. The summed E-state index contributed by atoms with van der Waals surface area (Å²) in [5.74, 6) is -1.25. The number of rotatable bonds is 5. The molecule has 0 aromatic heterocycles. The van der Waals surface area contributed by atoms with Gasteiger partial charge < -0.3 is 5.11 Å². The van der Waals surface area contributed by atoms with Crippen LogP contribution in [0, 0.1) is 11.3 Å². The van der Waals surface area contributed by atoms with Crippen molar-refractivity contribution in [3.05, 3.63) is 28.8 Å². The van der Waals surface area contributed by atoms with E-state index in [-0.39, 0.29) is 15.5 Å². The molecule has 0 spiro atoms. The first-order chi connectivity index (χ1) is 9.20. The summed E-state index contributed by atoms with van der Waals surface area (Å²) in [6, 6.07) is 4.97. The molecular weight excluding hydrogens is 304 g/mol. The average Bonchev–Trinajstić information content (AvgIpc) is 2.35. The van der Waals surface area contributed by atoms with Gasteiger partial charge in [-0.1, -0.05) is 11.6 Å². The van der Waals surface area contributed by atoms with E-state index >= 15 is 0 Å². The minimum atomic E-state index is -3.98. The first kappa shape index (κ1) is 16.4. The molecule has 1 rings (SSSR count). The van der Waals surface area contributed by atoms with Gasteiger partial charge >= 0.3 is 5.97 Å². The van der Waals surface area contributed by atoms with Crippen LogP contribution in [0.5, 0.6) is 0 Å². The second kappa shape index (κ2) is 6.22. The molecule has 0 saturated carbocycles. The maximum Gasteiger partial charge on any atom is 0.318 e. The van der Waals surface area contributed by atoms with Gasteiger partial charge in [0.2, 0.25) is 10.0 Å². The van der Waals surface area contributed by atoms with Gasteiger partial charge in [-0.05, 0) is 32.0 Å². The molecule has 0 radical (unpaired) electrons. The third-order valence-electron chi connectivity index (χ3n) is 2.53. The number of halogens is 1. The molecule has 0 fully saturated rings. The van der Waals surface area contributed by atoms with Gasteiger partial charge in [-0.15, -0.1) is 0 Å². The molecule has 0 aliphatic rings. The Bertz CT molecular complexity index is 665. The molecule has 0 heterocycles. The minimum absolute atomic E-state index is 0.00704. The summed E-state index contributed by atoms with van der Waals surface area (Å²) in [5, 5.41) is 17.6. The number of nitrogens with zero attached hydrogens (tertiary/aromatic N) is 2. The molecule has 0 amide bonds. The SMILES string of the molecule is CC(C)N(CC(=O)O)S(=O)(=O)c1ccc(C#N)c(Cl)c1. The van der Waals surface area contributed by atoms with Crippen LogP contribution in [0.1, 0.15) is 19.4 Å². The quantitative estimate of drug-likeness (QED) is 0.891. The largest absolute Gasteiger partial charge is 0.480 e. The van der Waals surface area contributed by atoms with Crippen LogP contribution in [-0.4, -0.2) is 36.4 Å². The highest BCUT2D eigenvalue weighted by molar-refractivity contribution is 7.89. The number of carboxylic acid groups (broad SMARTS) is 1. The van der Waals surface area contributed by atoms with E-state index in [4.69, 9.17) is 22.0 Å². The summed E-state index contributed by atoms with van der Waals surface area (Å²) >= 11 is 5.80. The number of benzene rings is 1. The molecule has 0 aliphatic heterocycles. The maximum absolute atomic E-state index is 12.4. The molecule has 6 nitrogen and oxygen atoms in total. The molecule has 0 unspecified atom stereocenters. The van der Waals surface area contributed by atoms with Crippen LogP contribution in [0.2, 0.25) is 5.02 Å². The van der Waals surface area contributed by atoms with E-state index in [9.17, 15) is 13.2 Å². The van der Waals surface area contributed by atoms with Crippen molar-refractivity contribution in [1.29, 1.82) is 5.26 Å². The fraction of sp³-hybridized carbons (Fsp3) is 0.333. The Morgan fingerprint density at radius 3 is 2.50 bits per heavy atom. The van der Waals surface area contributed by atoms with Crippen LogP contribution >= 0.6 is 11.6 Å². The van der Waals surface area contributed by atoms with Gasteiger partial charge in [-0.2, -0.15) is 9.57 Å². The summed E-state index contributed by atoms with van der Waals surface area (Å²) < 4.78 is 25.6. The van der Waals surface area contributed by atoms with Crippen molar-refractivity contribution in [2.75, 3.05) is 6.54 Å². The van der Waals surface area contributed by atoms with Crippen molar-refractivity contribution < 1.29 is 18.3 Å². The first-order valence-corrected chi connectivity index (χ1v) is 7.45. The Morgan fingerprint density at radius 2 is 2.10 bits per heavy atom. The van der Waals surface area contributed by atoms with Crippen LogP contribution in [0.3, 0.4) is 0 Å². The minimum Gasteiger partial charge on any atom is -0.480 e. The van der Waals surface area contributed by atoms with Gasteiger partial charge in [0.1, 0.15) is 12.6 Å². The van der Waals surface area contributed by atoms with Gasteiger partial charge in [0.25, 0.3) is 0 Å². The summed E-state index contributed by atoms with van der Waals surface area (Å²) in [7, 11) is -3.98. The zero-order chi connectivity index (χ0) is 15.5. The van der Waals surface area contributed by atoms with Crippen LogP contribution in [0.4, 0.5) is 0 Å². The molecule has 8 heteroatoms. The summed E-state index contributed by atoms with van der Waals surface area (Å²) in [5.41, 5.74) is 0.153. The molecular formula is C12H13ClN2O4S. The van der Waals surface area contributed by atoms with Crippen molar-refractivity contribution in [3.8, 4) is 6.07 Å². The van der Waals surface area contributed by atoms with Crippen LogP contribution < -0.4 is 0 Å². The molecule has 20 heavy (non-hydrogen) atoms. The van der Waals surface area contributed by atoms with Crippen molar-refractivity contribution in [2.24, 2.45) is 0 Å². The zero-order valence-electron chi connectivity index (χ0n) is 10.9. The lowest BCUT2D eigenvalue weighted by atomic mass is 10.2. The predicted octanol–water partition coefficient (Wildman–Crippen LogP) is 1.70. The topological polar surface area (TPSA) is 98.5 Å². The lowest BCUT2D eigenvalue weighted by Gasteiger charge is -2.24. The molecule has 1 aromatic carbocycles. The second-order valence-corrected chi connectivity index (χ2v) is 6.59. The number of carboxylic acids is 1. The molecule has 0 atom stereocenters. The Hall–Kier alpha value is -1.62. The third kappa shape index (κ3) is 3.48. The molecule has 0 aliphatic carbocycles. The second-order valence-electron chi connectivity index (χ2n) is 4.29. The number of hydrogen-bond acceptors (Lipinski definition) is 4. The Labute approximate surface area is 122 Å². The van der Waals surface area contributed by atoms with E-state index in [0.29, 0.717) is 0 Å². The predicted molar refractivity (Wildman–Crippen MR) is 72.8 cm³/mol. The summed E-state index contributed by atoms with van der Waals surface area (Å²) in [4.78, 5) is 10.6. The van der Waals surface area contributed by atoms with Gasteiger partial charge in [-0.3, -0.25) is 4.79 Å². The van der Waals surface area contributed by atoms with Crippen molar-refractivity contribution in [3.63, 3.8) is 0 Å². The fourth-order valence-electron chi connectivity index (χ4n) is 1.56. The maximum atomic E-state index is 12.4. The van der Waals surface area contributed by atoms with Crippen LogP contribution in [0.15, 0.2) is 23.1 Å². The lowest BCUT2D eigenvalue weighted by Crippen LogP contribution is -2.40. The molecule has 0 bridgehead atoms. The van der Waals surface area contributed by atoms with E-state index in [1.807, 2.05) is 6.07 Å². The molecule has 1 N–H and O–H groups in total. The lowest BCUT2D eigenvalue weighted by molar-refractivity contribution is -0.137. The normalized spacial score (nSPS) is 11.6. The van der Waals surface area contributed by atoms with Crippen molar-refractivity contribution >= 4 is 27.6 Å². The Balaban J connectivity index is 3.30. The van der Waals surface area contributed by atoms with Gasteiger partial charge in [0.15, 0.2) is 0 Å². The fourth-order valence-corrected chi connectivity index (χ4v) is 3.46. The number of carbonyl (C=O) groups is 1. The summed E-state index contributed by atoms with van der Waals surface area (Å²) in [6.07, 6.45) is 0. The number of aliphatic carboxylic acids is 1. The van der Waals surface area contributed by atoms with Crippen LogP contribution in [-0.2, 0) is 14.8 Å². The Morgan fingerprint density at radius 1 is 1.50 bits per heavy atom. The van der Waals surface area contributed by atoms with E-state index in [0.717, 1.165) is 10.4 Å². The van der Waals surface area contributed by atoms with Crippen LogP contribution in [0.25, 0.3) is 0 Å².